The monoisotopic (exact) mass is 296 g/mol. The molecule has 0 unspecified atom stereocenters. The van der Waals surface area contributed by atoms with E-state index >= 15 is 0 Å². The molecule has 0 saturated heterocycles. The van der Waals surface area contributed by atoms with E-state index in [1.54, 1.807) is 0 Å². The van der Waals surface area contributed by atoms with E-state index in [2.05, 4.69) is 11.5 Å². The zero-order valence-corrected chi connectivity index (χ0v) is 12.6. The predicted octanol–water partition coefficient (Wildman–Crippen LogP) is 4.66. The molecule has 3 rings (SSSR count). The number of nitrogens with zero attached hydrogens (tertiary/aromatic N) is 2. The van der Waals surface area contributed by atoms with Gasteiger partial charge in [-0.15, -0.1) is 11.6 Å². The molecule has 0 atom stereocenters. The highest BCUT2D eigenvalue weighted by Gasteiger charge is 2.33. The molecule has 2 aromatic rings. The third-order valence-electron chi connectivity index (χ3n) is 4.21. The van der Waals surface area contributed by atoms with Gasteiger partial charge < -0.3 is 4.57 Å². The van der Waals surface area contributed by atoms with Crippen LogP contribution in [0.25, 0.3) is 11.0 Å². The molecule has 2 nitrogen and oxygen atoms in total. The summed E-state index contributed by atoms with van der Waals surface area (Å²) in [5.74, 6) is 1.69. The van der Waals surface area contributed by atoms with Crippen LogP contribution in [0, 0.1) is 5.41 Å². The molecule has 1 aliphatic rings. The maximum absolute atomic E-state index is 6.13. The molecular weight excluding hydrogens is 279 g/mol. The number of imidazole rings is 1. The van der Waals surface area contributed by atoms with Gasteiger partial charge in [-0.05, 0) is 36.5 Å². The Balaban J connectivity index is 2.06. The van der Waals surface area contributed by atoms with E-state index in [0.29, 0.717) is 11.3 Å². The molecular formula is C15H18Cl2N2. The lowest BCUT2D eigenvalue weighted by atomic mass is 9.70. The van der Waals surface area contributed by atoms with Crippen molar-refractivity contribution < 1.29 is 0 Å². The molecule has 0 spiro atoms. The van der Waals surface area contributed by atoms with Gasteiger partial charge in [0.05, 0.1) is 11.0 Å². The molecule has 4 heteroatoms. The van der Waals surface area contributed by atoms with Gasteiger partial charge in [0.15, 0.2) is 0 Å². The Bertz CT molecular complexity index is 599. The van der Waals surface area contributed by atoms with E-state index in [4.69, 9.17) is 28.2 Å². The van der Waals surface area contributed by atoms with Crippen molar-refractivity contribution in [2.45, 2.75) is 39.2 Å². The highest BCUT2D eigenvalue weighted by molar-refractivity contribution is 6.31. The second kappa shape index (κ2) is 4.99. The first-order valence-electron chi connectivity index (χ1n) is 6.82. The summed E-state index contributed by atoms with van der Waals surface area (Å²) in [7, 11) is 0. The third kappa shape index (κ3) is 2.48. The Hall–Kier alpha value is -0.730. The molecule has 1 fully saturated rings. The fourth-order valence-corrected chi connectivity index (χ4v) is 3.25. The number of hydrogen-bond donors (Lipinski definition) is 0. The minimum atomic E-state index is 0.414. The van der Waals surface area contributed by atoms with Crippen LogP contribution < -0.4 is 0 Å². The van der Waals surface area contributed by atoms with Crippen LogP contribution in [-0.4, -0.2) is 15.4 Å². The van der Waals surface area contributed by atoms with E-state index in [9.17, 15) is 0 Å². The van der Waals surface area contributed by atoms with Crippen molar-refractivity contribution in [3.8, 4) is 0 Å². The van der Waals surface area contributed by atoms with Gasteiger partial charge in [0.1, 0.15) is 5.82 Å². The molecule has 0 aliphatic heterocycles. The lowest BCUT2D eigenvalue weighted by Gasteiger charge is -2.39. The lowest BCUT2D eigenvalue weighted by molar-refractivity contribution is 0.132. The molecule has 0 amide bonds. The standard InChI is InChI=1S/C15H18Cl2N2/c1-15(6-2-7-15)10-19-13-9-11(17)3-4-12(13)18-14(19)5-8-16/h3-4,9H,2,5-8,10H2,1H3. The average molecular weight is 297 g/mol. The number of halogens is 2. The highest BCUT2D eigenvalue weighted by Crippen LogP contribution is 2.42. The highest BCUT2D eigenvalue weighted by atomic mass is 35.5. The van der Waals surface area contributed by atoms with Crippen LogP contribution in [0.3, 0.4) is 0 Å². The van der Waals surface area contributed by atoms with Gasteiger partial charge >= 0.3 is 0 Å². The molecule has 1 aliphatic carbocycles. The Morgan fingerprint density at radius 3 is 2.79 bits per heavy atom. The summed E-state index contributed by atoms with van der Waals surface area (Å²) in [6.45, 7) is 3.38. The van der Waals surface area contributed by atoms with Gasteiger partial charge in [-0.1, -0.05) is 24.9 Å². The zero-order valence-electron chi connectivity index (χ0n) is 11.1. The first-order chi connectivity index (χ1) is 9.11. The Labute approximate surface area is 123 Å². The molecule has 0 bridgehead atoms. The van der Waals surface area contributed by atoms with E-state index in [0.717, 1.165) is 34.8 Å². The van der Waals surface area contributed by atoms with Crippen LogP contribution in [-0.2, 0) is 13.0 Å². The lowest BCUT2D eigenvalue weighted by Crippen LogP contribution is -2.31. The number of benzene rings is 1. The van der Waals surface area contributed by atoms with Crippen LogP contribution in [0.2, 0.25) is 5.02 Å². The van der Waals surface area contributed by atoms with Crippen molar-refractivity contribution in [1.82, 2.24) is 9.55 Å². The van der Waals surface area contributed by atoms with E-state index < -0.39 is 0 Å². The van der Waals surface area contributed by atoms with Crippen molar-refractivity contribution in [2.75, 3.05) is 5.88 Å². The van der Waals surface area contributed by atoms with Gasteiger partial charge in [0, 0.05) is 23.9 Å². The minimum Gasteiger partial charge on any atom is -0.327 e. The largest absolute Gasteiger partial charge is 0.327 e. The number of aromatic nitrogens is 2. The van der Waals surface area contributed by atoms with Crippen LogP contribution in [0.1, 0.15) is 32.0 Å². The minimum absolute atomic E-state index is 0.414. The van der Waals surface area contributed by atoms with Crippen LogP contribution >= 0.6 is 23.2 Å². The van der Waals surface area contributed by atoms with E-state index in [1.807, 2.05) is 18.2 Å². The summed E-state index contributed by atoms with van der Waals surface area (Å²) in [5, 5.41) is 0.768. The molecule has 1 aromatic heterocycles. The van der Waals surface area contributed by atoms with Gasteiger partial charge in [-0.2, -0.15) is 0 Å². The second-order valence-corrected chi connectivity index (χ2v) is 6.66. The molecule has 102 valence electrons. The number of hydrogen-bond acceptors (Lipinski definition) is 1. The third-order valence-corrected chi connectivity index (χ3v) is 4.63. The fraction of sp³-hybridized carbons (Fsp3) is 0.533. The topological polar surface area (TPSA) is 17.8 Å². The quantitative estimate of drug-likeness (QED) is 0.750. The van der Waals surface area contributed by atoms with Crippen LogP contribution in [0.15, 0.2) is 18.2 Å². The molecule has 1 heterocycles. The predicted molar refractivity (Wildman–Crippen MR) is 81.1 cm³/mol. The van der Waals surface area contributed by atoms with Crippen molar-refractivity contribution >= 4 is 34.2 Å². The first kappa shape index (κ1) is 13.3. The number of rotatable bonds is 4. The van der Waals surface area contributed by atoms with Gasteiger partial charge in [-0.3, -0.25) is 0 Å². The van der Waals surface area contributed by atoms with Gasteiger partial charge in [0.2, 0.25) is 0 Å². The van der Waals surface area contributed by atoms with Crippen molar-refractivity contribution in [3.05, 3.63) is 29.0 Å². The van der Waals surface area contributed by atoms with Crippen molar-refractivity contribution in [2.24, 2.45) is 5.41 Å². The SMILES string of the molecule is CC1(Cn2c(CCCl)nc3ccc(Cl)cc32)CCC1. The summed E-state index contributed by atoms with van der Waals surface area (Å²) < 4.78 is 2.32. The number of aryl methyl sites for hydroxylation is 1. The Kier molecular flexibility index (Phi) is 3.48. The Morgan fingerprint density at radius 2 is 2.16 bits per heavy atom. The fourth-order valence-electron chi connectivity index (χ4n) is 2.92. The van der Waals surface area contributed by atoms with Crippen molar-refractivity contribution in [1.29, 1.82) is 0 Å². The molecule has 19 heavy (non-hydrogen) atoms. The van der Waals surface area contributed by atoms with Crippen LogP contribution in [0.5, 0.6) is 0 Å². The average Bonchev–Trinajstić information content (AvgIpc) is 2.66. The maximum atomic E-state index is 6.13. The smallest absolute Gasteiger partial charge is 0.111 e. The number of alkyl halides is 1. The number of fused-ring (bicyclic) bond motifs is 1. The summed E-state index contributed by atoms with van der Waals surface area (Å²) in [5.41, 5.74) is 2.57. The summed E-state index contributed by atoms with van der Waals surface area (Å²) in [6, 6.07) is 5.91. The summed E-state index contributed by atoms with van der Waals surface area (Å²) >= 11 is 12.0. The Morgan fingerprint density at radius 1 is 1.37 bits per heavy atom. The molecule has 1 aromatic carbocycles. The van der Waals surface area contributed by atoms with Gasteiger partial charge in [-0.25, -0.2) is 4.98 Å². The normalized spacial score (nSPS) is 17.6. The van der Waals surface area contributed by atoms with E-state index in [1.165, 1.54) is 19.3 Å². The first-order valence-corrected chi connectivity index (χ1v) is 7.73. The molecule has 1 saturated carbocycles. The molecule has 0 radical (unpaired) electrons. The second-order valence-electron chi connectivity index (χ2n) is 5.85. The van der Waals surface area contributed by atoms with Crippen LogP contribution in [0.4, 0.5) is 0 Å². The molecule has 0 N–H and O–H groups in total. The summed E-state index contributed by atoms with van der Waals surface area (Å²) in [6.07, 6.45) is 4.75. The van der Waals surface area contributed by atoms with Crippen molar-refractivity contribution in [3.63, 3.8) is 0 Å². The zero-order chi connectivity index (χ0) is 13.5. The summed E-state index contributed by atoms with van der Waals surface area (Å²) in [4.78, 5) is 4.71. The maximum Gasteiger partial charge on any atom is 0.111 e. The van der Waals surface area contributed by atoms with Gasteiger partial charge in [0.25, 0.3) is 0 Å². The van der Waals surface area contributed by atoms with E-state index in [-0.39, 0.29) is 0 Å².